The first-order valence-electron chi connectivity index (χ1n) is 4.59. The monoisotopic (exact) mass is 260 g/mol. The summed E-state index contributed by atoms with van der Waals surface area (Å²) in [6.45, 7) is 8.57. The molecular weight excluding hydrogens is 247 g/mol. The van der Waals surface area contributed by atoms with Crippen LogP contribution in [-0.4, -0.2) is 11.6 Å². The van der Waals surface area contributed by atoms with Crippen LogP contribution in [0.3, 0.4) is 0 Å². The lowest BCUT2D eigenvalue weighted by atomic mass is 10.1. The molecule has 0 aliphatic carbocycles. The van der Waals surface area contributed by atoms with Gasteiger partial charge < -0.3 is 5.73 Å². The first-order chi connectivity index (χ1) is 7.40. The van der Waals surface area contributed by atoms with Crippen LogP contribution in [0.4, 0.5) is 0 Å². The van der Waals surface area contributed by atoms with Gasteiger partial charge in [-0.15, -0.1) is 6.58 Å². The molecular formula is C11H14Cl2N2O. The van der Waals surface area contributed by atoms with Crippen molar-refractivity contribution >= 4 is 34.8 Å². The van der Waals surface area contributed by atoms with Crippen LogP contribution in [0.2, 0.25) is 0 Å². The lowest BCUT2D eigenvalue weighted by Crippen LogP contribution is -2.08. The van der Waals surface area contributed by atoms with Crippen molar-refractivity contribution in [2.24, 2.45) is 10.7 Å². The SMILES string of the molecule is C=CCCC(=O)/C(C(=C)Cl)=C(Cl)/N=C(\C)N. The van der Waals surface area contributed by atoms with E-state index >= 15 is 0 Å². The fourth-order valence-electron chi connectivity index (χ4n) is 0.947. The van der Waals surface area contributed by atoms with Gasteiger partial charge in [0.25, 0.3) is 0 Å². The zero-order chi connectivity index (χ0) is 12.7. The van der Waals surface area contributed by atoms with Crippen molar-refractivity contribution in [1.29, 1.82) is 0 Å². The third-order valence-corrected chi connectivity index (χ3v) is 2.07. The van der Waals surface area contributed by atoms with Crippen LogP contribution in [0.5, 0.6) is 0 Å². The molecule has 0 heterocycles. The van der Waals surface area contributed by atoms with E-state index in [-0.39, 0.29) is 33.8 Å². The maximum Gasteiger partial charge on any atom is 0.167 e. The summed E-state index contributed by atoms with van der Waals surface area (Å²) >= 11 is 11.5. The van der Waals surface area contributed by atoms with Crippen molar-refractivity contribution in [2.75, 3.05) is 0 Å². The van der Waals surface area contributed by atoms with Gasteiger partial charge in [-0.3, -0.25) is 4.79 Å². The molecule has 0 fully saturated rings. The minimum atomic E-state index is -0.227. The maximum absolute atomic E-state index is 11.7. The van der Waals surface area contributed by atoms with E-state index in [2.05, 4.69) is 18.2 Å². The van der Waals surface area contributed by atoms with Crippen molar-refractivity contribution in [1.82, 2.24) is 0 Å². The van der Waals surface area contributed by atoms with E-state index in [1.165, 1.54) is 0 Å². The molecule has 0 atom stereocenters. The van der Waals surface area contributed by atoms with Crippen LogP contribution in [-0.2, 0) is 4.79 Å². The standard InChI is InChI=1S/C11H14Cl2N2O/c1-4-5-6-9(16)10(7(2)12)11(13)15-8(3)14/h4H,1-2,5-6H2,3H3,(H2,14,15)/b11-10+. The number of nitrogens with two attached hydrogens (primary N) is 1. The summed E-state index contributed by atoms with van der Waals surface area (Å²) in [5.74, 6) is 0.0202. The van der Waals surface area contributed by atoms with E-state index in [4.69, 9.17) is 28.9 Å². The van der Waals surface area contributed by atoms with E-state index in [1.54, 1.807) is 13.0 Å². The molecule has 0 unspecified atom stereocenters. The van der Waals surface area contributed by atoms with Gasteiger partial charge in [-0.1, -0.05) is 35.9 Å². The Morgan fingerprint density at radius 3 is 2.44 bits per heavy atom. The summed E-state index contributed by atoms with van der Waals surface area (Å²) in [4.78, 5) is 15.5. The van der Waals surface area contributed by atoms with E-state index in [0.29, 0.717) is 6.42 Å². The minimum Gasteiger partial charge on any atom is -0.387 e. The largest absolute Gasteiger partial charge is 0.387 e. The van der Waals surface area contributed by atoms with Crippen molar-refractivity contribution in [3.63, 3.8) is 0 Å². The number of hydrogen-bond acceptors (Lipinski definition) is 2. The number of ketones is 1. The maximum atomic E-state index is 11.7. The zero-order valence-corrected chi connectivity index (χ0v) is 10.6. The Morgan fingerprint density at radius 2 is 2.06 bits per heavy atom. The molecule has 0 aliphatic rings. The molecule has 88 valence electrons. The van der Waals surface area contributed by atoms with E-state index in [9.17, 15) is 4.79 Å². The van der Waals surface area contributed by atoms with Gasteiger partial charge in [-0.25, -0.2) is 4.99 Å². The fourth-order valence-corrected chi connectivity index (χ4v) is 1.54. The molecule has 0 spiro atoms. The predicted molar refractivity (Wildman–Crippen MR) is 69.6 cm³/mol. The summed E-state index contributed by atoms with van der Waals surface area (Å²) < 4.78 is 0. The van der Waals surface area contributed by atoms with Gasteiger partial charge in [-0.2, -0.15) is 0 Å². The highest BCUT2D eigenvalue weighted by Crippen LogP contribution is 2.23. The van der Waals surface area contributed by atoms with Crippen molar-refractivity contribution in [3.05, 3.63) is 35.0 Å². The van der Waals surface area contributed by atoms with Gasteiger partial charge in [0.1, 0.15) is 5.16 Å². The zero-order valence-electron chi connectivity index (χ0n) is 9.09. The fraction of sp³-hybridized carbons (Fsp3) is 0.273. The van der Waals surface area contributed by atoms with Gasteiger partial charge in [-0.05, 0) is 13.3 Å². The minimum absolute atomic E-state index is 0.0333. The van der Waals surface area contributed by atoms with Crippen LogP contribution in [0.1, 0.15) is 19.8 Å². The third kappa shape index (κ3) is 5.14. The number of Topliss-reactive ketones (excluding diaryl/α,β-unsaturated/α-hetero) is 1. The number of hydrogen-bond donors (Lipinski definition) is 1. The Bertz CT molecular complexity index is 366. The van der Waals surface area contributed by atoms with Crippen LogP contribution >= 0.6 is 23.2 Å². The Hall–Kier alpha value is -1.06. The average Bonchev–Trinajstić information content (AvgIpc) is 2.12. The van der Waals surface area contributed by atoms with Gasteiger partial charge >= 0.3 is 0 Å². The number of rotatable bonds is 6. The van der Waals surface area contributed by atoms with E-state index in [1.807, 2.05) is 0 Å². The Kier molecular flexibility index (Phi) is 6.77. The number of aliphatic imine (C=N–C) groups is 1. The molecule has 0 aliphatic heterocycles. The van der Waals surface area contributed by atoms with Crippen LogP contribution in [0.25, 0.3) is 0 Å². The number of allylic oxidation sites excluding steroid dienone is 3. The topological polar surface area (TPSA) is 55.5 Å². The van der Waals surface area contributed by atoms with Gasteiger partial charge in [0.2, 0.25) is 0 Å². The highest BCUT2D eigenvalue weighted by molar-refractivity contribution is 6.39. The smallest absolute Gasteiger partial charge is 0.167 e. The quantitative estimate of drug-likeness (QED) is 0.199. The molecule has 0 aromatic rings. The Balaban J connectivity index is 5.15. The molecule has 0 rings (SSSR count). The normalized spacial score (nSPS) is 13.1. The number of carbonyl (C=O) groups is 1. The first-order valence-corrected chi connectivity index (χ1v) is 5.35. The summed E-state index contributed by atoms with van der Waals surface area (Å²) in [6, 6.07) is 0. The van der Waals surface area contributed by atoms with Gasteiger partial charge in [0.15, 0.2) is 5.78 Å². The highest BCUT2D eigenvalue weighted by atomic mass is 35.5. The first kappa shape index (κ1) is 14.9. The highest BCUT2D eigenvalue weighted by Gasteiger charge is 2.15. The summed E-state index contributed by atoms with van der Waals surface area (Å²) in [6.07, 6.45) is 2.44. The average molecular weight is 261 g/mol. The lowest BCUT2D eigenvalue weighted by Gasteiger charge is -2.05. The molecule has 0 radical (unpaired) electrons. The van der Waals surface area contributed by atoms with Crippen molar-refractivity contribution < 1.29 is 4.79 Å². The molecule has 0 aromatic carbocycles. The molecule has 3 nitrogen and oxygen atoms in total. The van der Waals surface area contributed by atoms with Crippen LogP contribution in [0, 0.1) is 0 Å². The van der Waals surface area contributed by atoms with Crippen molar-refractivity contribution in [2.45, 2.75) is 19.8 Å². The number of halogens is 2. The van der Waals surface area contributed by atoms with Crippen LogP contribution in [0.15, 0.2) is 40.0 Å². The van der Waals surface area contributed by atoms with Gasteiger partial charge in [0.05, 0.1) is 11.4 Å². The summed E-state index contributed by atoms with van der Waals surface area (Å²) in [5, 5.41) is 0.0260. The van der Waals surface area contributed by atoms with Crippen molar-refractivity contribution in [3.8, 4) is 0 Å². The van der Waals surface area contributed by atoms with Crippen LogP contribution < -0.4 is 5.73 Å². The Labute approximate surface area is 105 Å². The second-order valence-corrected chi connectivity index (χ2v) is 3.89. The van der Waals surface area contributed by atoms with Gasteiger partial charge in [0, 0.05) is 11.5 Å². The Morgan fingerprint density at radius 1 is 1.50 bits per heavy atom. The molecule has 0 amide bonds. The van der Waals surface area contributed by atoms with E-state index < -0.39 is 0 Å². The molecule has 5 heteroatoms. The molecule has 0 bridgehead atoms. The number of amidine groups is 1. The van der Waals surface area contributed by atoms with E-state index in [0.717, 1.165) is 0 Å². The molecule has 0 saturated carbocycles. The third-order valence-electron chi connectivity index (χ3n) is 1.61. The molecule has 0 aromatic heterocycles. The second-order valence-electron chi connectivity index (χ2n) is 3.07. The summed E-state index contributed by atoms with van der Waals surface area (Å²) in [7, 11) is 0. The number of nitrogens with zero attached hydrogens (tertiary/aromatic N) is 1. The molecule has 0 saturated heterocycles. The predicted octanol–water partition coefficient (Wildman–Crippen LogP) is 3.10. The second kappa shape index (κ2) is 7.25. The summed E-state index contributed by atoms with van der Waals surface area (Å²) in [5.41, 5.74) is 5.47. The molecule has 16 heavy (non-hydrogen) atoms. The number of carbonyl (C=O) groups excluding carboxylic acids is 1. The molecule has 2 N–H and O–H groups in total. The lowest BCUT2D eigenvalue weighted by molar-refractivity contribution is -0.115.